The Kier molecular flexibility index (Phi) is 16.9. The van der Waals surface area contributed by atoms with E-state index < -0.39 is 17.3 Å². The number of aliphatic carboxylic acids is 1. The molecule has 0 bridgehead atoms. The van der Waals surface area contributed by atoms with Gasteiger partial charge in [-0.2, -0.15) is 0 Å². The summed E-state index contributed by atoms with van der Waals surface area (Å²) in [4.78, 5) is 14.8. The normalized spacial score (nSPS) is 16.0. The molecule has 0 fully saturated rings. The first kappa shape index (κ1) is 30.4. The zero-order valence-electron chi connectivity index (χ0n) is 20.8. The zero-order valence-corrected chi connectivity index (χ0v) is 20.8. The number of unbranched alkanes of at least 4 members (excludes halogenated alkanes) is 4. The van der Waals surface area contributed by atoms with E-state index in [0.717, 1.165) is 51.4 Å². The maximum absolute atomic E-state index is 12.5. The number of carbonyl (C=O) groups is 1. The summed E-state index contributed by atoms with van der Waals surface area (Å²) in [7, 11) is 0. The van der Waals surface area contributed by atoms with Crippen molar-refractivity contribution in [1.29, 1.82) is 0 Å². The van der Waals surface area contributed by atoms with Crippen LogP contribution in [0.4, 0.5) is 0 Å². The lowest BCUT2D eigenvalue weighted by molar-refractivity contribution is -0.148. The monoisotopic (exact) mass is 447 g/mol. The SMILES string of the molecule is C=CCN(CC=C)C(C=C)C(CCCCC)C(CCCO)(CCCCC)C(C=C)C(=O)O. The van der Waals surface area contributed by atoms with Gasteiger partial charge in [-0.05, 0) is 37.0 Å². The summed E-state index contributed by atoms with van der Waals surface area (Å²) in [6.45, 7) is 21.8. The van der Waals surface area contributed by atoms with E-state index in [9.17, 15) is 15.0 Å². The van der Waals surface area contributed by atoms with Gasteiger partial charge in [0, 0.05) is 25.7 Å². The molecular formula is C28H49NO3. The van der Waals surface area contributed by atoms with Crippen molar-refractivity contribution in [3.05, 3.63) is 50.6 Å². The lowest BCUT2D eigenvalue weighted by atomic mass is 9.57. The average molecular weight is 448 g/mol. The first-order valence-corrected chi connectivity index (χ1v) is 12.5. The minimum absolute atomic E-state index is 0.00928. The van der Waals surface area contributed by atoms with Gasteiger partial charge < -0.3 is 10.2 Å². The fourth-order valence-electron chi connectivity index (χ4n) is 5.36. The van der Waals surface area contributed by atoms with Crippen molar-refractivity contribution >= 4 is 5.97 Å². The van der Waals surface area contributed by atoms with Crippen molar-refractivity contribution < 1.29 is 15.0 Å². The van der Waals surface area contributed by atoms with Crippen LogP contribution in [0, 0.1) is 17.3 Å². The highest BCUT2D eigenvalue weighted by molar-refractivity contribution is 5.73. The van der Waals surface area contributed by atoms with Gasteiger partial charge in [-0.1, -0.05) is 76.7 Å². The van der Waals surface area contributed by atoms with Crippen LogP contribution in [0.25, 0.3) is 0 Å². The second-order valence-corrected chi connectivity index (χ2v) is 8.93. The number of carboxylic acid groups (broad SMARTS) is 1. The zero-order chi connectivity index (χ0) is 24.4. The van der Waals surface area contributed by atoms with E-state index in [4.69, 9.17) is 0 Å². The summed E-state index contributed by atoms with van der Waals surface area (Å²) in [5, 5.41) is 20.0. The third-order valence-corrected chi connectivity index (χ3v) is 6.83. The van der Waals surface area contributed by atoms with Crippen molar-refractivity contribution in [2.24, 2.45) is 17.3 Å². The van der Waals surface area contributed by atoms with Crippen LogP contribution in [0.5, 0.6) is 0 Å². The number of carboxylic acids is 1. The topological polar surface area (TPSA) is 60.8 Å². The van der Waals surface area contributed by atoms with E-state index in [1.807, 2.05) is 18.2 Å². The lowest BCUT2D eigenvalue weighted by Gasteiger charge is -2.50. The summed E-state index contributed by atoms with van der Waals surface area (Å²) in [5.41, 5.74) is -0.501. The summed E-state index contributed by atoms with van der Waals surface area (Å²) < 4.78 is 0. The van der Waals surface area contributed by atoms with Crippen LogP contribution in [-0.4, -0.2) is 46.8 Å². The van der Waals surface area contributed by atoms with Crippen LogP contribution in [0.1, 0.15) is 78.1 Å². The molecule has 0 aromatic carbocycles. The van der Waals surface area contributed by atoms with Crippen LogP contribution >= 0.6 is 0 Å². The summed E-state index contributed by atoms with van der Waals surface area (Å²) in [5.74, 6) is -1.42. The highest BCUT2D eigenvalue weighted by Crippen LogP contribution is 2.50. The molecule has 4 heteroatoms. The molecule has 0 aliphatic heterocycles. The van der Waals surface area contributed by atoms with Gasteiger partial charge in [0.15, 0.2) is 0 Å². The van der Waals surface area contributed by atoms with E-state index in [-0.39, 0.29) is 18.6 Å². The van der Waals surface area contributed by atoms with E-state index in [1.165, 1.54) is 0 Å². The van der Waals surface area contributed by atoms with Gasteiger partial charge in [-0.3, -0.25) is 9.69 Å². The second-order valence-electron chi connectivity index (χ2n) is 8.93. The molecule has 0 spiro atoms. The number of hydrogen-bond acceptors (Lipinski definition) is 3. The number of rotatable bonds is 22. The molecule has 4 unspecified atom stereocenters. The maximum Gasteiger partial charge on any atom is 0.310 e. The molecule has 0 aromatic heterocycles. The van der Waals surface area contributed by atoms with Crippen molar-refractivity contribution in [3.63, 3.8) is 0 Å². The third kappa shape index (κ3) is 9.07. The molecule has 0 saturated heterocycles. The number of nitrogens with zero attached hydrogens (tertiary/aromatic N) is 1. The molecule has 0 aliphatic rings. The molecule has 2 N–H and O–H groups in total. The van der Waals surface area contributed by atoms with E-state index in [0.29, 0.717) is 25.9 Å². The molecule has 4 nitrogen and oxygen atoms in total. The Bertz CT molecular complexity index is 549. The minimum Gasteiger partial charge on any atom is -0.481 e. The Labute approximate surface area is 197 Å². The molecule has 0 aliphatic carbocycles. The highest BCUT2D eigenvalue weighted by atomic mass is 16.4. The van der Waals surface area contributed by atoms with Crippen LogP contribution in [0.3, 0.4) is 0 Å². The van der Waals surface area contributed by atoms with Crippen molar-refractivity contribution in [3.8, 4) is 0 Å². The quantitative estimate of drug-likeness (QED) is 0.144. The molecule has 0 aromatic rings. The van der Waals surface area contributed by atoms with Crippen molar-refractivity contribution in [2.75, 3.05) is 19.7 Å². The van der Waals surface area contributed by atoms with Crippen LogP contribution in [0.2, 0.25) is 0 Å². The second kappa shape index (κ2) is 17.9. The van der Waals surface area contributed by atoms with Crippen LogP contribution in [0.15, 0.2) is 50.6 Å². The van der Waals surface area contributed by atoms with Gasteiger partial charge in [-0.15, -0.1) is 26.3 Å². The van der Waals surface area contributed by atoms with Crippen LogP contribution < -0.4 is 0 Å². The third-order valence-electron chi connectivity index (χ3n) is 6.83. The fraction of sp³-hybridized carbons (Fsp3) is 0.679. The largest absolute Gasteiger partial charge is 0.481 e. The lowest BCUT2D eigenvalue weighted by Crippen LogP contribution is -2.51. The molecule has 32 heavy (non-hydrogen) atoms. The van der Waals surface area contributed by atoms with Gasteiger partial charge in [0.25, 0.3) is 0 Å². The summed E-state index contributed by atoms with van der Waals surface area (Å²) in [6, 6.07) is -0.00928. The number of aliphatic hydroxyl groups excluding tert-OH is 1. The van der Waals surface area contributed by atoms with Gasteiger partial charge in [0.05, 0.1) is 5.92 Å². The molecular weight excluding hydrogens is 398 g/mol. The van der Waals surface area contributed by atoms with Gasteiger partial charge >= 0.3 is 5.97 Å². The average Bonchev–Trinajstić information content (AvgIpc) is 2.77. The minimum atomic E-state index is -0.822. The van der Waals surface area contributed by atoms with Crippen LogP contribution in [-0.2, 0) is 4.79 Å². The highest BCUT2D eigenvalue weighted by Gasteiger charge is 2.49. The Hall–Kier alpha value is -1.65. The number of aliphatic hydroxyl groups is 1. The first-order valence-electron chi connectivity index (χ1n) is 12.5. The Morgan fingerprint density at radius 3 is 1.91 bits per heavy atom. The van der Waals surface area contributed by atoms with Gasteiger partial charge in [-0.25, -0.2) is 0 Å². The molecule has 0 rings (SSSR count). The maximum atomic E-state index is 12.5. The summed E-state index contributed by atoms with van der Waals surface area (Å²) in [6.07, 6.45) is 16.7. The fourth-order valence-corrected chi connectivity index (χ4v) is 5.36. The Morgan fingerprint density at radius 2 is 1.47 bits per heavy atom. The molecule has 0 radical (unpaired) electrons. The molecule has 0 amide bonds. The Morgan fingerprint density at radius 1 is 0.906 bits per heavy atom. The van der Waals surface area contributed by atoms with Gasteiger partial charge in [0.1, 0.15) is 0 Å². The molecule has 184 valence electrons. The van der Waals surface area contributed by atoms with Gasteiger partial charge in [0.2, 0.25) is 0 Å². The van der Waals surface area contributed by atoms with Crippen molar-refractivity contribution in [2.45, 2.75) is 84.1 Å². The number of hydrogen-bond donors (Lipinski definition) is 2. The predicted octanol–water partition coefficient (Wildman–Crippen LogP) is 6.64. The van der Waals surface area contributed by atoms with E-state index in [1.54, 1.807) is 6.08 Å². The first-order chi connectivity index (χ1) is 15.4. The predicted molar refractivity (Wildman–Crippen MR) is 138 cm³/mol. The smallest absolute Gasteiger partial charge is 0.310 e. The molecule has 0 saturated carbocycles. The van der Waals surface area contributed by atoms with E-state index in [2.05, 4.69) is 45.1 Å². The van der Waals surface area contributed by atoms with Crippen molar-refractivity contribution in [1.82, 2.24) is 4.90 Å². The van der Waals surface area contributed by atoms with E-state index >= 15 is 0 Å². The summed E-state index contributed by atoms with van der Waals surface area (Å²) >= 11 is 0. The molecule has 4 atom stereocenters. The Balaban J connectivity index is 6.71. The molecule has 0 heterocycles. The standard InChI is InChI=1S/C28H49NO3/c1-7-13-15-18-25(26(12-6)29(21-9-3)22-10-4)28(20-17-23-30,19-16-14-8-2)24(11-5)27(31)32/h9-12,24-26,30H,3-8,13-23H2,1-2H3,(H,31,32).